The van der Waals surface area contributed by atoms with E-state index in [0.29, 0.717) is 6.42 Å². The van der Waals surface area contributed by atoms with Gasteiger partial charge in [-0.2, -0.15) is 0 Å². The van der Waals surface area contributed by atoms with Gasteiger partial charge in [-0.3, -0.25) is 4.79 Å². The van der Waals surface area contributed by atoms with E-state index in [4.69, 9.17) is 0 Å². The lowest BCUT2D eigenvalue weighted by Crippen LogP contribution is -1.98. The summed E-state index contributed by atoms with van der Waals surface area (Å²) in [5, 5.41) is 0. The molecule has 0 bridgehead atoms. The lowest BCUT2D eigenvalue weighted by atomic mass is 10.4. The molecule has 7 heavy (non-hydrogen) atoms. The van der Waals surface area contributed by atoms with E-state index in [-0.39, 0.29) is 5.97 Å². The molecule has 0 aliphatic rings. The number of carbonyl (C=O) groups is 1. The zero-order chi connectivity index (χ0) is 5.70. The van der Waals surface area contributed by atoms with Gasteiger partial charge in [0.15, 0.2) is 0 Å². The lowest BCUT2D eigenvalue weighted by Gasteiger charge is -1.94. The Morgan fingerprint density at radius 2 is 2.43 bits per heavy atom. The van der Waals surface area contributed by atoms with Crippen LogP contribution >= 0.6 is 0 Å². The highest BCUT2D eigenvalue weighted by atomic mass is 27.1. The van der Waals surface area contributed by atoms with Gasteiger partial charge in [-0.25, -0.2) is 0 Å². The molecule has 0 saturated heterocycles. The van der Waals surface area contributed by atoms with Gasteiger partial charge in [-0.05, 0) is 6.42 Å². The van der Waals surface area contributed by atoms with Gasteiger partial charge < -0.3 is 3.79 Å². The molecule has 0 rings (SSSR count). The maximum absolute atomic E-state index is 10.2. The average Bonchev–Trinajstić information content (AvgIpc) is 1.68. The molecule has 0 aliphatic heterocycles. The summed E-state index contributed by atoms with van der Waals surface area (Å²) >= 11 is 1.92. The van der Waals surface area contributed by atoms with Crippen LogP contribution in [0.2, 0.25) is 0 Å². The Hall–Kier alpha value is 0.00247. The number of carbonyl (C=O) groups excluding carboxylic acids is 1. The number of hydrogen-bond acceptors (Lipinski definition) is 2. The van der Waals surface area contributed by atoms with Gasteiger partial charge in [0.1, 0.15) is 0 Å². The molecule has 0 aromatic carbocycles. The van der Waals surface area contributed by atoms with Crippen molar-refractivity contribution in [2.75, 3.05) is 0 Å². The monoisotopic (exact) mass is 114 g/mol. The Kier molecular flexibility index (Phi) is 4.17. The summed E-state index contributed by atoms with van der Waals surface area (Å²) < 4.78 is 4.27. The van der Waals surface area contributed by atoms with Crippen LogP contribution in [-0.4, -0.2) is 22.6 Å². The quantitative estimate of drug-likeness (QED) is 0.486. The van der Waals surface area contributed by atoms with Crippen molar-refractivity contribution in [1.29, 1.82) is 0 Å². The highest BCUT2D eigenvalue weighted by Crippen LogP contribution is 1.86. The van der Waals surface area contributed by atoms with Crippen molar-refractivity contribution in [3.05, 3.63) is 0 Å². The van der Waals surface area contributed by atoms with Gasteiger partial charge in [0.05, 0.1) is 0 Å². The van der Waals surface area contributed by atoms with Crippen molar-refractivity contribution in [1.82, 2.24) is 0 Å². The van der Waals surface area contributed by atoms with Gasteiger partial charge >= 0.3 is 16.6 Å². The molecule has 0 aromatic heterocycles. The molecule has 0 saturated carbocycles. The molecule has 2 radical (unpaired) electrons. The smallest absolute Gasteiger partial charge is 0.484 e. The van der Waals surface area contributed by atoms with Crippen molar-refractivity contribution >= 4 is 22.6 Å². The van der Waals surface area contributed by atoms with Gasteiger partial charge in [0.25, 0.3) is 5.97 Å². The maximum Gasteiger partial charge on any atom is 0.484 e. The fourth-order valence-electron chi connectivity index (χ4n) is 0.263. The largest absolute Gasteiger partial charge is 0.628 e. The summed E-state index contributed by atoms with van der Waals surface area (Å²) in [6.07, 6.45) is 1.37. The molecular formula is C4H7AlO2. The normalized spacial score (nSPS) is 8.14. The van der Waals surface area contributed by atoms with Crippen molar-refractivity contribution in [2.45, 2.75) is 19.8 Å². The van der Waals surface area contributed by atoms with E-state index < -0.39 is 0 Å². The van der Waals surface area contributed by atoms with E-state index in [1.165, 1.54) is 0 Å². The molecule has 0 unspecified atom stereocenters. The van der Waals surface area contributed by atoms with E-state index in [9.17, 15) is 4.79 Å². The van der Waals surface area contributed by atoms with Crippen LogP contribution in [0.4, 0.5) is 0 Å². The third-order valence-corrected chi connectivity index (χ3v) is 0.848. The summed E-state index contributed by atoms with van der Waals surface area (Å²) in [5.41, 5.74) is 0. The molecule has 38 valence electrons. The average molecular weight is 114 g/mol. The number of hydrogen-bond donors (Lipinski definition) is 0. The standard InChI is InChI=1S/C4H8O2.Al/c1-2-3-4(5)6;/h2-3H2,1H3,(H,5,6);/q;+1/p-1. The van der Waals surface area contributed by atoms with E-state index >= 15 is 0 Å². The van der Waals surface area contributed by atoms with Crippen LogP contribution in [0, 0.1) is 0 Å². The van der Waals surface area contributed by atoms with Gasteiger partial charge in [0, 0.05) is 6.42 Å². The molecule has 0 N–H and O–H groups in total. The lowest BCUT2D eigenvalue weighted by molar-refractivity contribution is -0.134. The third-order valence-electron chi connectivity index (χ3n) is 0.586. The minimum absolute atomic E-state index is 0.160. The Balaban J connectivity index is 3.00. The van der Waals surface area contributed by atoms with Crippen LogP contribution in [0.3, 0.4) is 0 Å². The van der Waals surface area contributed by atoms with Gasteiger partial charge in [-0.1, -0.05) is 6.92 Å². The van der Waals surface area contributed by atoms with Crippen LogP contribution in [0.5, 0.6) is 0 Å². The fourth-order valence-corrected chi connectivity index (χ4v) is 0.381. The van der Waals surface area contributed by atoms with Crippen LogP contribution in [-0.2, 0) is 8.58 Å². The minimum atomic E-state index is -0.160. The second-order valence-corrected chi connectivity index (χ2v) is 1.48. The predicted molar refractivity (Wildman–Crippen MR) is 26.8 cm³/mol. The third kappa shape index (κ3) is 3.84. The SMILES string of the molecule is CCCC(=O)[O][Al]. The van der Waals surface area contributed by atoms with Gasteiger partial charge in [-0.15, -0.1) is 0 Å². The van der Waals surface area contributed by atoms with Crippen LogP contribution in [0.25, 0.3) is 0 Å². The molecular weight excluding hydrogens is 107 g/mol. The fraction of sp³-hybridized carbons (Fsp3) is 0.750. The van der Waals surface area contributed by atoms with E-state index in [2.05, 4.69) is 3.79 Å². The van der Waals surface area contributed by atoms with Crippen LogP contribution < -0.4 is 0 Å². The molecule has 0 amide bonds. The van der Waals surface area contributed by atoms with Gasteiger partial charge in [0.2, 0.25) is 0 Å². The van der Waals surface area contributed by atoms with Crippen molar-refractivity contribution < 1.29 is 8.58 Å². The molecule has 3 heteroatoms. The summed E-state index contributed by atoms with van der Waals surface area (Å²) in [6.45, 7) is 1.93. The second kappa shape index (κ2) is 4.17. The first kappa shape index (κ1) is 7.00. The first-order chi connectivity index (χ1) is 3.31. The van der Waals surface area contributed by atoms with Crippen LogP contribution in [0.15, 0.2) is 0 Å². The first-order valence-corrected chi connectivity index (χ1v) is 2.68. The molecule has 2 nitrogen and oxygen atoms in total. The highest BCUT2D eigenvalue weighted by molar-refractivity contribution is 6.05. The van der Waals surface area contributed by atoms with Crippen molar-refractivity contribution in [2.24, 2.45) is 0 Å². The molecule has 0 fully saturated rings. The van der Waals surface area contributed by atoms with Crippen molar-refractivity contribution in [3.63, 3.8) is 0 Å². The molecule has 0 spiro atoms. The van der Waals surface area contributed by atoms with E-state index in [1.807, 2.05) is 23.5 Å². The Bertz CT molecular complexity index is 62.7. The Morgan fingerprint density at radius 1 is 1.86 bits per heavy atom. The summed E-state index contributed by atoms with van der Waals surface area (Å²) in [5.74, 6) is -0.160. The molecule has 0 heterocycles. The zero-order valence-electron chi connectivity index (χ0n) is 4.31. The summed E-state index contributed by atoms with van der Waals surface area (Å²) in [4.78, 5) is 10.2. The number of rotatable bonds is 2. The first-order valence-electron chi connectivity index (χ1n) is 2.20. The molecule has 0 atom stereocenters. The summed E-state index contributed by atoms with van der Waals surface area (Å²) in [6, 6.07) is 0. The second-order valence-electron chi connectivity index (χ2n) is 1.24. The molecule has 0 aliphatic carbocycles. The maximum atomic E-state index is 10.2. The zero-order valence-corrected chi connectivity index (χ0v) is 5.46. The highest BCUT2D eigenvalue weighted by Gasteiger charge is 1.91. The van der Waals surface area contributed by atoms with Crippen LogP contribution in [0.1, 0.15) is 19.8 Å². The predicted octanol–water partition coefficient (Wildman–Crippen LogP) is 0.413. The van der Waals surface area contributed by atoms with E-state index in [0.717, 1.165) is 6.42 Å². The Labute approximate surface area is 51.6 Å². The summed E-state index contributed by atoms with van der Waals surface area (Å²) in [7, 11) is 0. The minimum Gasteiger partial charge on any atom is -0.628 e. The van der Waals surface area contributed by atoms with Crippen molar-refractivity contribution in [3.8, 4) is 0 Å². The Morgan fingerprint density at radius 3 is 2.57 bits per heavy atom. The van der Waals surface area contributed by atoms with E-state index in [1.54, 1.807) is 0 Å². The topological polar surface area (TPSA) is 26.3 Å². The molecule has 0 aromatic rings.